The molecule has 2 rings (SSSR count). The largest absolute Gasteiger partial charge is 0.377 e. The Kier molecular flexibility index (Phi) is 4.32. The molecule has 2 nitrogen and oxygen atoms in total. The lowest BCUT2D eigenvalue weighted by Gasteiger charge is -2.41. The summed E-state index contributed by atoms with van der Waals surface area (Å²) < 4.78 is 5.68. The fourth-order valence-electron chi connectivity index (χ4n) is 3.34. The molecular weight excluding hydrogens is 234 g/mol. The molecule has 1 aromatic carbocycles. The molecule has 0 spiro atoms. The minimum absolute atomic E-state index is 0.0980. The molecule has 1 atom stereocenters. The quantitative estimate of drug-likeness (QED) is 0.869. The number of nitrogens with one attached hydrogen (secondary N) is 1. The molecule has 1 aromatic rings. The van der Waals surface area contributed by atoms with Gasteiger partial charge in [-0.1, -0.05) is 17.7 Å². The van der Waals surface area contributed by atoms with Gasteiger partial charge in [-0.25, -0.2) is 0 Å². The molecule has 0 bridgehead atoms. The van der Waals surface area contributed by atoms with E-state index in [1.807, 2.05) is 7.11 Å². The van der Waals surface area contributed by atoms with Crippen molar-refractivity contribution in [1.82, 2.24) is 5.32 Å². The van der Waals surface area contributed by atoms with Crippen molar-refractivity contribution in [2.24, 2.45) is 0 Å². The van der Waals surface area contributed by atoms with Crippen molar-refractivity contribution in [3.63, 3.8) is 0 Å². The van der Waals surface area contributed by atoms with E-state index in [4.69, 9.17) is 4.74 Å². The van der Waals surface area contributed by atoms with Gasteiger partial charge in [-0.3, -0.25) is 0 Å². The summed E-state index contributed by atoms with van der Waals surface area (Å²) in [6.07, 6.45) is 3.68. The van der Waals surface area contributed by atoms with Crippen molar-refractivity contribution in [2.45, 2.75) is 58.6 Å². The monoisotopic (exact) mass is 261 g/mol. The number of hydrogen-bond acceptors (Lipinski definition) is 2. The van der Waals surface area contributed by atoms with Crippen LogP contribution in [0.25, 0.3) is 0 Å². The third kappa shape index (κ3) is 3.01. The van der Waals surface area contributed by atoms with Crippen molar-refractivity contribution in [1.29, 1.82) is 0 Å². The van der Waals surface area contributed by atoms with Gasteiger partial charge in [-0.15, -0.1) is 0 Å². The molecule has 106 valence electrons. The lowest BCUT2D eigenvalue weighted by atomic mass is 9.79. The molecule has 1 aliphatic rings. The SMILES string of the molecule is COC1(CNC(C)c2c(C)cc(C)cc2C)CCC1. The van der Waals surface area contributed by atoms with Gasteiger partial charge >= 0.3 is 0 Å². The summed E-state index contributed by atoms with van der Waals surface area (Å²) in [7, 11) is 1.84. The van der Waals surface area contributed by atoms with E-state index in [0.717, 1.165) is 6.54 Å². The third-order valence-corrected chi connectivity index (χ3v) is 4.60. The normalized spacial score (nSPS) is 19.0. The molecule has 0 aromatic heterocycles. The topological polar surface area (TPSA) is 21.3 Å². The van der Waals surface area contributed by atoms with Gasteiger partial charge in [0, 0.05) is 19.7 Å². The summed E-state index contributed by atoms with van der Waals surface area (Å²) in [6.45, 7) is 9.80. The van der Waals surface area contributed by atoms with Crippen LogP contribution in [0.2, 0.25) is 0 Å². The van der Waals surface area contributed by atoms with Gasteiger partial charge in [0.2, 0.25) is 0 Å². The molecule has 0 saturated heterocycles. The summed E-state index contributed by atoms with van der Waals surface area (Å²) in [5.74, 6) is 0. The minimum atomic E-state index is 0.0980. The van der Waals surface area contributed by atoms with Gasteiger partial charge < -0.3 is 10.1 Å². The highest BCUT2D eigenvalue weighted by Gasteiger charge is 2.36. The molecular formula is C17H27NO. The maximum Gasteiger partial charge on any atom is 0.0802 e. The van der Waals surface area contributed by atoms with Crippen molar-refractivity contribution < 1.29 is 4.74 Å². The Morgan fingerprint density at radius 3 is 2.21 bits per heavy atom. The Bertz CT molecular complexity index is 420. The van der Waals surface area contributed by atoms with Crippen LogP contribution >= 0.6 is 0 Å². The van der Waals surface area contributed by atoms with Crippen molar-refractivity contribution in [2.75, 3.05) is 13.7 Å². The Labute approximate surface area is 117 Å². The zero-order valence-electron chi connectivity index (χ0n) is 13.0. The van der Waals surface area contributed by atoms with Gasteiger partial charge in [0.15, 0.2) is 0 Å². The average molecular weight is 261 g/mol. The van der Waals surface area contributed by atoms with E-state index in [-0.39, 0.29) is 5.60 Å². The summed E-state index contributed by atoms with van der Waals surface area (Å²) in [5, 5.41) is 3.67. The number of methoxy groups -OCH3 is 1. The van der Waals surface area contributed by atoms with Crippen LogP contribution in [0.5, 0.6) is 0 Å². The van der Waals surface area contributed by atoms with Crippen LogP contribution in [0.15, 0.2) is 12.1 Å². The number of benzene rings is 1. The lowest BCUT2D eigenvalue weighted by molar-refractivity contribution is -0.0706. The van der Waals surface area contributed by atoms with E-state index in [1.165, 1.54) is 41.5 Å². The van der Waals surface area contributed by atoms with Crippen LogP contribution < -0.4 is 5.32 Å². The standard InChI is InChI=1S/C17H27NO/c1-12-9-13(2)16(14(3)10-12)15(4)18-11-17(19-5)7-6-8-17/h9-10,15,18H,6-8,11H2,1-5H3. The van der Waals surface area contributed by atoms with E-state index in [9.17, 15) is 0 Å². The van der Waals surface area contributed by atoms with Crippen LogP contribution in [0.4, 0.5) is 0 Å². The molecule has 1 aliphatic carbocycles. The van der Waals surface area contributed by atoms with Gasteiger partial charge in [-0.05, 0) is 63.6 Å². The number of hydrogen-bond donors (Lipinski definition) is 1. The van der Waals surface area contributed by atoms with E-state index in [2.05, 4.69) is 45.1 Å². The highest BCUT2D eigenvalue weighted by Crippen LogP contribution is 2.35. The maximum atomic E-state index is 5.68. The molecule has 0 aliphatic heterocycles. The molecule has 1 fully saturated rings. The fraction of sp³-hybridized carbons (Fsp3) is 0.647. The summed E-state index contributed by atoms with van der Waals surface area (Å²) in [4.78, 5) is 0. The summed E-state index contributed by atoms with van der Waals surface area (Å²) >= 11 is 0. The summed E-state index contributed by atoms with van der Waals surface area (Å²) in [5.41, 5.74) is 5.66. The van der Waals surface area contributed by atoms with E-state index in [0.29, 0.717) is 6.04 Å². The Morgan fingerprint density at radius 1 is 1.21 bits per heavy atom. The predicted molar refractivity (Wildman–Crippen MR) is 80.7 cm³/mol. The highest BCUT2D eigenvalue weighted by atomic mass is 16.5. The number of rotatable bonds is 5. The van der Waals surface area contributed by atoms with Crippen molar-refractivity contribution in [3.05, 3.63) is 34.4 Å². The first-order chi connectivity index (χ1) is 8.97. The molecule has 2 heteroatoms. The maximum absolute atomic E-state index is 5.68. The second-order valence-corrected chi connectivity index (χ2v) is 6.16. The molecule has 1 saturated carbocycles. The van der Waals surface area contributed by atoms with Crippen LogP contribution in [0.3, 0.4) is 0 Å². The van der Waals surface area contributed by atoms with Crippen LogP contribution in [0.1, 0.15) is 54.5 Å². The molecule has 19 heavy (non-hydrogen) atoms. The minimum Gasteiger partial charge on any atom is -0.377 e. The lowest BCUT2D eigenvalue weighted by Crippen LogP contribution is -2.48. The summed E-state index contributed by atoms with van der Waals surface area (Å²) in [6, 6.07) is 4.93. The molecule has 0 amide bonds. The first kappa shape index (κ1) is 14.5. The Hall–Kier alpha value is -0.860. The molecule has 1 unspecified atom stereocenters. The van der Waals surface area contributed by atoms with Crippen molar-refractivity contribution in [3.8, 4) is 0 Å². The number of aryl methyl sites for hydroxylation is 3. The first-order valence-corrected chi connectivity index (χ1v) is 7.34. The van der Waals surface area contributed by atoms with Crippen molar-refractivity contribution >= 4 is 0 Å². The Morgan fingerprint density at radius 2 is 1.79 bits per heavy atom. The Balaban J connectivity index is 2.06. The zero-order chi connectivity index (χ0) is 14.0. The number of ether oxygens (including phenoxy) is 1. The van der Waals surface area contributed by atoms with E-state index in [1.54, 1.807) is 0 Å². The second kappa shape index (κ2) is 5.64. The van der Waals surface area contributed by atoms with Gasteiger partial charge in [0.05, 0.1) is 5.60 Å². The van der Waals surface area contributed by atoms with Crippen LogP contribution in [-0.4, -0.2) is 19.3 Å². The van der Waals surface area contributed by atoms with Crippen LogP contribution in [-0.2, 0) is 4.74 Å². The second-order valence-electron chi connectivity index (χ2n) is 6.16. The van der Waals surface area contributed by atoms with Gasteiger partial charge in [-0.2, -0.15) is 0 Å². The smallest absolute Gasteiger partial charge is 0.0802 e. The molecule has 0 heterocycles. The van der Waals surface area contributed by atoms with Gasteiger partial charge in [0.1, 0.15) is 0 Å². The van der Waals surface area contributed by atoms with E-state index >= 15 is 0 Å². The molecule has 1 N–H and O–H groups in total. The van der Waals surface area contributed by atoms with Crippen LogP contribution in [0, 0.1) is 20.8 Å². The molecule has 0 radical (unpaired) electrons. The first-order valence-electron chi connectivity index (χ1n) is 7.34. The average Bonchev–Trinajstić information content (AvgIpc) is 2.26. The highest BCUT2D eigenvalue weighted by molar-refractivity contribution is 5.39. The van der Waals surface area contributed by atoms with E-state index < -0.39 is 0 Å². The van der Waals surface area contributed by atoms with Gasteiger partial charge in [0.25, 0.3) is 0 Å². The fourth-order valence-corrected chi connectivity index (χ4v) is 3.34. The zero-order valence-corrected chi connectivity index (χ0v) is 13.0. The predicted octanol–water partition coefficient (Wildman–Crippen LogP) is 3.83. The third-order valence-electron chi connectivity index (χ3n) is 4.60.